The summed E-state index contributed by atoms with van der Waals surface area (Å²) in [6.45, 7) is 3.16. The first-order valence-electron chi connectivity index (χ1n) is 6.13. The minimum absolute atomic E-state index is 0.189. The molecule has 0 saturated carbocycles. The molecule has 0 aromatic heterocycles. The van der Waals surface area contributed by atoms with Gasteiger partial charge in [0.1, 0.15) is 5.54 Å². The van der Waals surface area contributed by atoms with Crippen LogP contribution in [-0.2, 0) is 9.53 Å². The summed E-state index contributed by atoms with van der Waals surface area (Å²) in [5.41, 5.74) is 7.60. The summed E-state index contributed by atoms with van der Waals surface area (Å²) in [6, 6.07) is 0. The second-order valence-electron chi connectivity index (χ2n) is 4.31. The molecule has 1 heterocycles. The molecule has 2 atom stereocenters. The summed E-state index contributed by atoms with van der Waals surface area (Å²) < 4.78 is 4.94. The molecule has 1 aliphatic rings. The third-order valence-electron chi connectivity index (χ3n) is 3.27. The molecule has 0 spiro atoms. The van der Waals surface area contributed by atoms with Gasteiger partial charge in [0.15, 0.2) is 0 Å². The van der Waals surface area contributed by atoms with Gasteiger partial charge in [0.25, 0.3) is 0 Å². The van der Waals surface area contributed by atoms with E-state index in [0.717, 1.165) is 25.0 Å². The first-order chi connectivity index (χ1) is 8.67. The van der Waals surface area contributed by atoms with Crippen molar-refractivity contribution in [1.82, 2.24) is 5.32 Å². The highest BCUT2D eigenvalue weighted by molar-refractivity contribution is 8.00. The predicted molar refractivity (Wildman–Crippen MR) is 72.5 cm³/mol. The lowest BCUT2D eigenvalue weighted by atomic mass is 9.89. The van der Waals surface area contributed by atoms with Crippen LogP contribution in [0.4, 0.5) is 0 Å². The van der Waals surface area contributed by atoms with E-state index in [-0.39, 0.29) is 11.2 Å². The van der Waals surface area contributed by atoms with Crippen molar-refractivity contribution in [1.29, 1.82) is 0 Å². The Labute approximate surface area is 111 Å². The van der Waals surface area contributed by atoms with Crippen molar-refractivity contribution >= 4 is 17.7 Å². The molecule has 18 heavy (non-hydrogen) atoms. The molecule has 1 fully saturated rings. The highest BCUT2D eigenvalue weighted by Crippen LogP contribution is 2.34. The van der Waals surface area contributed by atoms with Crippen molar-refractivity contribution in [3.05, 3.63) is 10.4 Å². The number of carbonyl (C=O) groups is 1. The quantitative estimate of drug-likeness (QED) is 0.264. The van der Waals surface area contributed by atoms with Crippen LogP contribution in [0, 0.1) is 0 Å². The monoisotopic (exact) mass is 272 g/mol. The zero-order valence-electron chi connectivity index (χ0n) is 10.9. The average molecular weight is 272 g/mol. The Morgan fingerprint density at radius 1 is 1.72 bits per heavy atom. The number of nitrogens with one attached hydrogen (secondary N) is 1. The first kappa shape index (κ1) is 15.1. The van der Waals surface area contributed by atoms with Crippen molar-refractivity contribution in [3.8, 4) is 0 Å². The third kappa shape index (κ3) is 3.54. The zero-order chi connectivity index (χ0) is 13.4. The predicted octanol–water partition coefficient (Wildman–Crippen LogP) is 2.10. The Bertz CT molecular complexity index is 333. The van der Waals surface area contributed by atoms with Crippen molar-refractivity contribution < 1.29 is 9.53 Å². The van der Waals surface area contributed by atoms with Gasteiger partial charge in [-0.15, -0.1) is 0 Å². The summed E-state index contributed by atoms with van der Waals surface area (Å²) >= 11 is 1.79. The second kappa shape index (κ2) is 7.51. The van der Waals surface area contributed by atoms with Crippen LogP contribution >= 0.6 is 11.8 Å². The number of methoxy groups -OCH3 is 1. The second-order valence-corrected chi connectivity index (χ2v) is 5.76. The molecule has 6 nitrogen and oxygen atoms in total. The molecule has 1 N–H and O–H groups in total. The number of hydrogen-bond acceptors (Lipinski definition) is 5. The van der Waals surface area contributed by atoms with Gasteiger partial charge in [-0.2, -0.15) is 11.8 Å². The van der Waals surface area contributed by atoms with Crippen LogP contribution in [0.3, 0.4) is 0 Å². The maximum Gasteiger partial charge on any atom is 0.327 e. The Hall–Kier alpha value is -0.910. The van der Waals surface area contributed by atoms with E-state index in [1.165, 1.54) is 7.11 Å². The van der Waals surface area contributed by atoms with Crippen molar-refractivity contribution in [2.45, 2.75) is 37.0 Å². The minimum Gasteiger partial charge on any atom is -0.468 e. The fourth-order valence-electron chi connectivity index (χ4n) is 2.22. The Morgan fingerprint density at radius 3 is 3.11 bits per heavy atom. The van der Waals surface area contributed by atoms with Gasteiger partial charge in [0.05, 0.1) is 7.11 Å². The van der Waals surface area contributed by atoms with Gasteiger partial charge < -0.3 is 10.1 Å². The fourth-order valence-corrected chi connectivity index (χ4v) is 3.46. The van der Waals surface area contributed by atoms with E-state index in [1.54, 1.807) is 11.8 Å². The van der Waals surface area contributed by atoms with Gasteiger partial charge in [0, 0.05) is 16.7 Å². The maximum atomic E-state index is 12.0. The largest absolute Gasteiger partial charge is 0.468 e. The molecule has 1 saturated heterocycles. The molecule has 0 aromatic carbocycles. The SMILES string of the molecule is COC(=O)C1(NCCCN=[N+]=[N-])CCCSC1C. The Balaban J connectivity index is 2.60. The molecule has 0 radical (unpaired) electrons. The smallest absolute Gasteiger partial charge is 0.327 e. The van der Waals surface area contributed by atoms with Crippen LogP contribution in [-0.4, -0.2) is 42.7 Å². The van der Waals surface area contributed by atoms with E-state index in [2.05, 4.69) is 22.3 Å². The zero-order valence-corrected chi connectivity index (χ0v) is 11.7. The molecular weight excluding hydrogens is 252 g/mol. The lowest BCUT2D eigenvalue weighted by Gasteiger charge is -2.40. The standard InChI is InChI=1S/C11H20N4O2S/c1-9-11(10(16)17-2,5-3-8-18-9)13-6-4-7-14-15-12/h9,13H,3-8H2,1-2H3. The number of carbonyl (C=O) groups excluding carboxylic acids is 1. The highest BCUT2D eigenvalue weighted by atomic mass is 32.2. The summed E-state index contributed by atoms with van der Waals surface area (Å²) in [7, 11) is 1.43. The van der Waals surface area contributed by atoms with Crippen molar-refractivity contribution in [2.75, 3.05) is 26.0 Å². The van der Waals surface area contributed by atoms with Gasteiger partial charge in [0.2, 0.25) is 0 Å². The summed E-state index contributed by atoms with van der Waals surface area (Å²) in [5.74, 6) is 0.895. The number of nitrogens with zero attached hydrogens (tertiary/aromatic N) is 3. The Morgan fingerprint density at radius 2 is 2.50 bits per heavy atom. The first-order valence-corrected chi connectivity index (χ1v) is 7.18. The van der Waals surface area contributed by atoms with Crippen LogP contribution in [0.25, 0.3) is 10.4 Å². The maximum absolute atomic E-state index is 12.0. The van der Waals surface area contributed by atoms with Gasteiger partial charge in [-0.25, -0.2) is 0 Å². The lowest BCUT2D eigenvalue weighted by Crippen LogP contribution is -2.60. The van der Waals surface area contributed by atoms with E-state index in [0.29, 0.717) is 13.1 Å². The number of hydrogen-bond donors (Lipinski definition) is 1. The molecule has 0 aliphatic carbocycles. The summed E-state index contributed by atoms with van der Waals surface area (Å²) in [6.07, 6.45) is 2.53. The lowest BCUT2D eigenvalue weighted by molar-refractivity contribution is -0.149. The third-order valence-corrected chi connectivity index (χ3v) is 4.69. The Kier molecular flexibility index (Phi) is 6.32. The molecular formula is C11H20N4O2S. The van der Waals surface area contributed by atoms with Gasteiger partial charge in [-0.05, 0) is 37.1 Å². The molecule has 0 aromatic rings. The van der Waals surface area contributed by atoms with Crippen LogP contribution in [0.1, 0.15) is 26.2 Å². The van der Waals surface area contributed by atoms with Crippen molar-refractivity contribution in [3.63, 3.8) is 0 Å². The number of thioether (sulfide) groups is 1. The van der Waals surface area contributed by atoms with Gasteiger partial charge in [-0.3, -0.25) is 4.79 Å². The minimum atomic E-state index is -0.589. The summed E-state index contributed by atoms with van der Waals surface area (Å²) in [4.78, 5) is 14.7. The van der Waals surface area contributed by atoms with Crippen LogP contribution in [0.15, 0.2) is 5.11 Å². The van der Waals surface area contributed by atoms with Crippen LogP contribution < -0.4 is 5.32 Å². The molecule has 1 rings (SSSR count). The molecule has 0 bridgehead atoms. The van der Waals surface area contributed by atoms with E-state index in [9.17, 15) is 4.79 Å². The molecule has 7 heteroatoms. The highest BCUT2D eigenvalue weighted by Gasteiger charge is 2.45. The average Bonchev–Trinajstić information content (AvgIpc) is 2.39. The van der Waals surface area contributed by atoms with E-state index >= 15 is 0 Å². The molecule has 0 amide bonds. The van der Waals surface area contributed by atoms with Gasteiger partial charge in [-0.1, -0.05) is 12.0 Å². The van der Waals surface area contributed by atoms with Crippen molar-refractivity contribution in [2.24, 2.45) is 5.11 Å². The van der Waals surface area contributed by atoms with E-state index in [1.807, 2.05) is 0 Å². The molecule has 2 unspecified atom stereocenters. The topological polar surface area (TPSA) is 87.1 Å². The van der Waals surface area contributed by atoms with E-state index in [4.69, 9.17) is 10.3 Å². The number of ether oxygens (including phenoxy) is 1. The van der Waals surface area contributed by atoms with Crippen LogP contribution in [0.2, 0.25) is 0 Å². The number of azide groups is 1. The molecule has 102 valence electrons. The summed E-state index contributed by atoms with van der Waals surface area (Å²) in [5, 5.41) is 6.99. The number of esters is 1. The van der Waals surface area contributed by atoms with Crippen LogP contribution in [0.5, 0.6) is 0 Å². The molecule has 1 aliphatic heterocycles. The van der Waals surface area contributed by atoms with E-state index < -0.39 is 5.54 Å². The normalized spacial score (nSPS) is 27.3. The van der Waals surface area contributed by atoms with Gasteiger partial charge >= 0.3 is 5.97 Å². The fraction of sp³-hybridized carbons (Fsp3) is 0.909. The number of rotatable bonds is 6.